The zero-order valence-corrected chi connectivity index (χ0v) is 9.89. The van der Waals surface area contributed by atoms with Crippen LogP contribution in [0, 0.1) is 10.1 Å². The van der Waals surface area contributed by atoms with E-state index in [9.17, 15) is 10.1 Å². The van der Waals surface area contributed by atoms with E-state index in [2.05, 4.69) is 17.2 Å². The van der Waals surface area contributed by atoms with E-state index in [0.717, 1.165) is 19.4 Å². The summed E-state index contributed by atoms with van der Waals surface area (Å²) in [6.45, 7) is 4.13. The topological polar surface area (TPSA) is 77.3 Å². The highest BCUT2D eigenvalue weighted by Crippen LogP contribution is 2.21. The smallest absolute Gasteiger partial charge is 0.310 e. The summed E-state index contributed by atoms with van der Waals surface area (Å²) in [5.41, 5.74) is 0.502. The van der Waals surface area contributed by atoms with E-state index in [4.69, 9.17) is 4.74 Å². The summed E-state index contributed by atoms with van der Waals surface area (Å²) in [5.74, 6) is 0. The van der Waals surface area contributed by atoms with Gasteiger partial charge in [0.05, 0.1) is 4.92 Å². The highest BCUT2D eigenvalue weighted by atomic mass is 16.6. The summed E-state index contributed by atoms with van der Waals surface area (Å²) in [6.07, 6.45) is 4.60. The minimum Gasteiger partial charge on any atom is -0.381 e. The van der Waals surface area contributed by atoms with E-state index in [0.29, 0.717) is 18.8 Å². The van der Waals surface area contributed by atoms with Gasteiger partial charge in [-0.05, 0) is 18.9 Å². The van der Waals surface area contributed by atoms with Crippen molar-refractivity contribution in [3.63, 3.8) is 0 Å². The van der Waals surface area contributed by atoms with Gasteiger partial charge in [0.15, 0.2) is 0 Å². The van der Waals surface area contributed by atoms with Crippen molar-refractivity contribution < 1.29 is 9.66 Å². The van der Waals surface area contributed by atoms with Crippen LogP contribution in [0.2, 0.25) is 0 Å². The standard InChI is InChI=1S/C11H17N3O3/c1-2-7-17-8-3-5-13-10-4-6-12-9-11(10)14(15)16/h4,6,9H,2-3,5,7-8H2,1H3,(H,12,13). The van der Waals surface area contributed by atoms with Crippen molar-refractivity contribution in [2.45, 2.75) is 19.8 Å². The average Bonchev–Trinajstić information content (AvgIpc) is 2.34. The van der Waals surface area contributed by atoms with Crippen molar-refractivity contribution in [2.75, 3.05) is 25.1 Å². The van der Waals surface area contributed by atoms with E-state index >= 15 is 0 Å². The third-order valence-electron chi connectivity index (χ3n) is 2.13. The molecular weight excluding hydrogens is 222 g/mol. The van der Waals surface area contributed by atoms with E-state index in [-0.39, 0.29) is 5.69 Å². The summed E-state index contributed by atoms with van der Waals surface area (Å²) in [7, 11) is 0. The number of ether oxygens (including phenoxy) is 1. The molecule has 1 aromatic heterocycles. The van der Waals surface area contributed by atoms with Crippen LogP contribution in [0.5, 0.6) is 0 Å². The molecule has 1 heterocycles. The second-order valence-electron chi connectivity index (χ2n) is 3.54. The van der Waals surface area contributed by atoms with Crippen LogP contribution in [0.4, 0.5) is 11.4 Å². The van der Waals surface area contributed by atoms with Gasteiger partial charge < -0.3 is 10.1 Å². The van der Waals surface area contributed by atoms with Crippen LogP contribution < -0.4 is 5.32 Å². The fourth-order valence-corrected chi connectivity index (χ4v) is 1.32. The second kappa shape index (κ2) is 7.56. The second-order valence-corrected chi connectivity index (χ2v) is 3.54. The van der Waals surface area contributed by atoms with E-state index in [1.807, 2.05) is 0 Å². The molecule has 0 aliphatic carbocycles. The Kier molecular flexibility index (Phi) is 5.95. The number of hydrogen-bond donors (Lipinski definition) is 1. The molecule has 1 aromatic rings. The largest absolute Gasteiger partial charge is 0.381 e. The number of nitrogens with one attached hydrogen (secondary N) is 1. The third kappa shape index (κ3) is 4.78. The number of aromatic nitrogens is 1. The Balaban J connectivity index is 2.34. The SMILES string of the molecule is CCCOCCCNc1ccncc1[N+](=O)[O-]. The van der Waals surface area contributed by atoms with E-state index in [1.165, 1.54) is 12.4 Å². The molecule has 0 spiro atoms. The Morgan fingerprint density at radius 1 is 1.53 bits per heavy atom. The van der Waals surface area contributed by atoms with E-state index in [1.54, 1.807) is 6.07 Å². The molecule has 0 saturated carbocycles. The van der Waals surface area contributed by atoms with Crippen LogP contribution in [0.15, 0.2) is 18.5 Å². The molecule has 0 aliphatic rings. The first-order chi connectivity index (χ1) is 8.25. The molecule has 1 N–H and O–H groups in total. The number of anilines is 1. The van der Waals surface area contributed by atoms with Gasteiger partial charge in [0.2, 0.25) is 0 Å². The van der Waals surface area contributed by atoms with Gasteiger partial charge in [0.1, 0.15) is 11.9 Å². The molecule has 6 nitrogen and oxygen atoms in total. The predicted octanol–water partition coefficient (Wildman–Crippen LogP) is 2.22. The Labute approximate surface area is 100 Å². The van der Waals surface area contributed by atoms with Crippen molar-refractivity contribution in [1.82, 2.24) is 4.98 Å². The molecule has 6 heteroatoms. The highest BCUT2D eigenvalue weighted by Gasteiger charge is 2.11. The molecular formula is C11H17N3O3. The molecule has 1 rings (SSSR count). The van der Waals surface area contributed by atoms with Crippen molar-refractivity contribution in [1.29, 1.82) is 0 Å². The first kappa shape index (κ1) is 13.4. The van der Waals surface area contributed by atoms with Crippen molar-refractivity contribution >= 4 is 11.4 Å². The average molecular weight is 239 g/mol. The lowest BCUT2D eigenvalue weighted by Gasteiger charge is -2.06. The van der Waals surface area contributed by atoms with Crippen molar-refractivity contribution in [2.24, 2.45) is 0 Å². The van der Waals surface area contributed by atoms with Crippen LogP contribution in [0.3, 0.4) is 0 Å². The summed E-state index contributed by atoms with van der Waals surface area (Å²) < 4.78 is 5.31. The normalized spacial score (nSPS) is 10.2. The predicted molar refractivity (Wildman–Crippen MR) is 65.1 cm³/mol. The lowest BCUT2D eigenvalue weighted by molar-refractivity contribution is -0.384. The molecule has 94 valence electrons. The molecule has 17 heavy (non-hydrogen) atoms. The van der Waals surface area contributed by atoms with Crippen LogP contribution in [-0.4, -0.2) is 29.7 Å². The van der Waals surface area contributed by atoms with Crippen molar-refractivity contribution in [3.8, 4) is 0 Å². The van der Waals surface area contributed by atoms with Crippen LogP contribution in [0.1, 0.15) is 19.8 Å². The Morgan fingerprint density at radius 3 is 3.06 bits per heavy atom. The summed E-state index contributed by atoms with van der Waals surface area (Å²) in [4.78, 5) is 14.0. The van der Waals surface area contributed by atoms with Gasteiger partial charge in [-0.2, -0.15) is 0 Å². The fraction of sp³-hybridized carbons (Fsp3) is 0.545. The van der Waals surface area contributed by atoms with Gasteiger partial charge in [-0.15, -0.1) is 0 Å². The lowest BCUT2D eigenvalue weighted by Crippen LogP contribution is -2.07. The number of nitrogens with zero attached hydrogens (tertiary/aromatic N) is 2. The zero-order valence-electron chi connectivity index (χ0n) is 9.89. The molecule has 0 amide bonds. The maximum atomic E-state index is 10.7. The third-order valence-corrected chi connectivity index (χ3v) is 2.13. The van der Waals surface area contributed by atoms with Crippen LogP contribution >= 0.6 is 0 Å². The first-order valence-electron chi connectivity index (χ1n) is 5.65. The van der Waals surface area contributed by atoms with Crippen LogP contribution in [0.25, 0.3) is 0 Å². The molecule has 0 saturated heterocycles. The lowest BCUT2D eigenvalue weighted by atomic mass is 10.3. The number of rotatable bonds is 8. The molecule has 0 bridgehead atoms. The summed E-state index contributed by atoms with van der Waals surface area (Å²) in [6, 6.07) is 1.60. The van der Waals surface area contributed by atoms with Gasteiger partial charge in [0, 0.05) is 26.0 Å². The minimum atomic E-state index is -0.442. The maximum absolute atomic E-state index is 10.7. The summed E-state index contributed by atoms with van der Waals surface area (Å²) in [5, 5.41) is 13.7. The molecule has 0 aliphatic heterocycles. The zero-order chi connectivity index (χ0) is 12.5. The molecule has 0 fully saturated rings. The fourth-order valence-electron chi connectivity index (χ4n) is 1.32. The van der Waals surface area contributed by atoms with Gasteiger partial charge >= 0.3 is 5.69 Å². The molecule has 0 radical (unpaired) electrons. The van der Waals surface area contributed by atoms with Gasteiger partial charge in [-0.1, -0.05) is 6.92 Å². The first-order valence-corrected chi connectivity index (χ1v) is 5.65. The highest BCUT2D eigenvalue weighted by molar-refractivity contribution is 5.59. The van der Waals surface area contributed by atoms with Crippen LogP contribution in [-0.2, 0) is 4.74 Å². The quantitative estimate of drug-likeness (QED) is 0.427. The monoisotopic (exact) mass is 239 g/mol. The van der Waals surface area contributed by atoms with Gasteiger partial charge in [-0.3, -0.25) is 15.1 Å². The molecule has 0 aromatic carbocycles. The number of nitro groups is 1. The van der Waals surface area contributed by atoms with Gasteiger partial charge in [0.25, 0.3) is 0 Å². The Morgan fingerprint density at radius 2 is 2.35 bits per heavy atom. The van der Waals surface area contributed by atoms with Gasteiger partial charge in [-0.25, -0.2) is 0 Å². The maximum Gasteiger partial charge on any atom is 0.310 e. The minimum absolute atomic E-state index is 0.00183. The molecule has 0 atom stereocenters. The Hall–Kier alpha value is -1.69. The van der Waals surface area contributed by atoms with Crippen molar-refractivity contribution in [3.05, 3.63) is 28.6 Å². The Bertz CT molecular complexity index is 358. The van der Waals surface area contributed by atoms with E-state index < -0.39 is 4.92 Å². The molecule has 0 unspecified atom stereocenters. The summed E-state index contributed by atoms with van der Waals surface area (Å²) >= 11 is 0. The number of hydrogen-bond acceptors (Lipinski definition) is 5. The number of pyridine rings is 1.